The molecule has 0 rings (SSSR count). The van der Waals surface area contributed by atoms with Gasteiger partial charge in [-0.3, -0.25) is 8.42 Å². The summed E-state index contributed by atoms with van der Waals surface area (Å²) in [6.07, 6.45) is 0. The van der Waals surface area contributed by atoms with Gasteiger partial charge < -0.3 is 14.3 Å². The van der Waals surface area contributed by atoms with E-state index < -0.39 is 10.4 Å². The van der Waals surface area contributed by atoms with Gasteiger partial charge in [-0.15, -0.1) is 0 Å². The molecule has 0 unspecified atom stereocenters. The summed E-state index contributed by atoms with van der Waals surface area (Å²) in [6.45, 7) is 0. The molecule has 0 aromatic heterocycles. The van der Waals surface area contributed by atoms with Crippen LogP contribution in [0.1, 0.15) is 0 Å². The van der Waals surface area contributed by atoms with E-state index in [0.717, 1.165) is 0 Å². The summed E-state index contributed by atoms with van der Waals surface area (Å²) >= 11 is 0. The Bertz CT molecular complexity index is 91.2. The molecule has 0 atom stereocenters. The Morgan fingerprint density at radius 3 is 1.29 bits per heavy atom. The molecular formula is H3NO5S-2. The summed E-state index contributed by atoms with van der Waals surface area (Å²) in [6, 6.07) is 0. The molecule has 0 fully saturated rings. The number of rotatable bonds is 0. The molecule has 0 aliphatic rings. The van der Waals surface area contributed by atoms with Crippen LogP contribution in [-0.2, 0) is 10.4 Å². The van der Waals surface area contributed by atoms with Crippen LogP contribution in [0.2, 0.25) is 0 Å². The lowest BCUT2D eigenvalue weighted by molar-refractivity contribution is 0.311. The molecule has 7 heavy (non-hydrogen) atoms. The standard InChI is InChI=1S/H3NO.H2O4S/c1-2;1-5(2,3)4/h2H,1H2;(H2,1,2,3,4)/p-2. The van der Waals surface area contributed by atoms with Crippen LogP contribution in [0.25, 0.3) is 0 Å². The Morgan fingerprint density at radius 2 is 1.29 bits per heavy atom. The Hall–Kier alpha value is -0.210. The zero-order valence-corrected chi connectivity index (χ0v) is 3.88. The third kappa shape index (κ3) is 1890. The molecule has 6 nitrogen and oxygen atoms in total. The van der Waals surface area contributed by atoms with Gasteiger partial charge in [0.1, 0.15) is 0 Å². The van der Waals surface area contributed by atoms with Gasteiger partial charge in [0.2, 0.25) is 0 Å². The Balaban J connectivity index is 0. The minimum atomic E-state index is -5.17. The summed E-state index contributed by atoms with van der Waals surface area (Å²) in [4.78, 5) is 0. The molecule has 0 saturated heterocycles. The van der Waals surface area contributed by atoms with Crippen molar-refractivity contribution in [3.05, 3.63) is 0 Å². The summed E-state index contributed by atoms with van der Waals surface area (Å²) in [7, 11) is -5.17. The van der Waals surface area contributed by atoms with Crippen LogP contribution in [0.15, 0.2) is 0 Å². The van der Waals surface area contributed by atoms with E-state index in [4.69, 9.17) is 22.7 Å². The quantitative estimate of drug-likeness (QED) is 0.221. The largest absolute Gasteiger partial charge is 0.759 e. The van der Waals surface area contributed by atoms with Crippen molar-refractivity contribution in [1.82, 2.24) is 0 Å². The molecule has 0 aliphatic heterocycles. The van der Waals surface area contributed by atoms with Crippen molar-refractivity contribution in [2.24, 2.45) is 5.90 Å². The number of hydrogen-bond donors (Lipinski definition) is 2. The first-order valence-corrected chi connectivity index (χ1v) is 2.26. The van der Waals surface area contributed by atoms with Crippen LogP contribution < -0.4 is 5.90 Å². The van der Waals surface area contributed by atoms with Crippen molar-refractivity contribution >= 4 is 10.4 Å². The SMILES string of the molecule is NO.O=S(=O)([O-])[O-]. The fourth-order valence-electron chi connectivity index (χ4n) is 0. The van der Waals surface area contributed by atoms with Gasteiger partial charge in [0, 0.05) is 10.4 Å². The van der Waals surface area contributed by atoms with E-state index in [1.165, 1.54) is 0 Å². The fraction of sp³-hybridized carbons (Fsp3) is 0. The normalized spacial score (nSPS) is 9.14. The van der Waals surface area contributed by atoms with E-state index in [-0.39, 0.29) is 0 Å². The summed E-state index contributed by atoms with van der Waals surface area (Å²) in [5.41, 5.74) is 0. The van der Waals surface area contributed by atoms with E-state index in [1.54, 1.807) is 0 Å². The molecule has 7 heteroatoms. The molecule has 0 aromatic carbocycles. The molecule has 0 radical (unpaired) electrons. The summed E-state index contributed by atoms with van der Waals surface area (Å²) in [5.74, 6) is 3.50. The Morgan fingerprint density at radius 1 is 1.29 bits per heavy atom. The maximum absolute atomic E-state index is 8.52. The average Bonchev–Trinajstić information content (AvgIpc) is 1.36. The van der Waals surface area contributed by atoms with Gasteiger partial charge >= 0.3 is 0 Å². The zero-order valence-electron chi connectivity index (χ0n) is 3.07. The monoisotopic (exact) mass is 129 g/mol. The molecule has 0 bridgehead atoms. The van der Waals surface area contributed by atoms with Gasteiger partial charge in [-0.1, -0.05) is 0 Å². The zero-order chi connectivity index (χ0) is 6.50. The van der Waals surface area contributed by atoms with Gasteiger partial charge in [0.25, 0.3) is 0 Å². The van der Waals surface area contributed by atoms with Crippen molar-refractivity contribution in [2.45, 2.75) is 0 Å². The first kappa shape index (κ1) is 9.92. The molecule has 0 heterocycles. The topological polar surface area (TPSA) is 127 Å². The van der Waals surface area contributed by atoms with Crippen LogP contribution in [0.4, 0.5) is 0 Å². The van der Waals surface area contributed by atoms with E-state index in [9.17, 15) is 0 Å². The van der Waals surface area contributed by atoms with E-state index in [0.29, 0.717) is 0 Å². The van der Waals surface area contributed by atoms with Gasteiger partial charge in [-0.25, -0.2) is 5.90 Å². The van der Waals surface area contributed by atoms with E-state index in [1.807, 2.05) is 0 Å². The van der Waals surface area contributed by atoms with Crippen molar-refractivity contribution in [3.63, 3.8) is 0 Å². The molecule has 46 valence electrons. The van der Waals surface area contributed by atoms with Gasteiger partial charge in [-0.2, -0.15) is 0 Å². The van der Waals surface area contributed by atoms with Crippen molar-refractivity contribution < 1.29 is 22.7 Å². The van der Waals surface area contributed by atoms with Crippen molar-refractivity contribution in [2.75, 3.05) is 0 Å². The second-order valence-corrected chi connectivity index (χ2v) is 1.22. The highest BCUT2D eigenvalue weighted by molar-refractivity contribution is 7.79. The van der Waals surface area contributed by atoms with Gasteiger partial charge in [0.05, 0.1) is 0 Å². The maximum atomic E-state index is 8.52. The van der Waals surface area contributed by atoms with Crippen molar-refractivity contribution in [3.8, 4) is 0 Å². The van der Waals surface area contributed by atoms with Gasteiger partial charge in [0.15, 0.2) is 0 Å². The maximum Gasteiger partial charge on any atom is 0.0311 e. The molecule has 3 N–H and O–H groups in total. The minimum absolute atomic E-state index is 3.50. The summed E-state index contributed by atoms with van der Waals surface area (Å²) in [5, 5.41) is 6.50. The third-order valence-corrected chi connectivity index (χ3v) is 0. The molecule has 0 saturated carbocycles. The predicted molar refractivity (Wildman–Crippen MR) is 16.4 cm³/mol. The van der Waals surface area contributed by atoms with Crippen LogP contribution >= 0.6 is 0 Å². The summed E-state index contributed by atoms with van der Waals surface area (Å²) < 4.78 is 34.1. The smallest absolute Gasteiger partial charge is 0.0311 e. The molecule has 0 amide bonds. The van der Waals surface area contributed by atoms with Crippen LogP contribution in [0, 0.1) is 0 Å². The molecule has 0 aromatic rings. The lowest BCUT2D eigenvalue weighted by Gasteiger charge is -2.06. The van der Waals surface area contributed by atoms with Crippen molar-refractivity contribution in [1.29, 1.82) is 0 Å². The van der Waals surface area contributed by atoms with E-state index >= 15 is 0 Å². The molecule has 0 spiro atoms. The molecule has 0 aliphatic carbocycles. The first-order valence-electron chi connectivity index (χ1n) is 0.925. The number of hydrogen-bond acceptors (Lipinski definition) is 6. The van der Waals surface area contributed by atoms with Crippen LogP contribution in [0.3, 0.4) is 0 Å². The highest BCUT2D eigenvalue weighted by Crippen LogP contribution is 1.57. The molecular weight excluding hydrogens is 126 g/mol. The highest BCUT2D eigenvalue weighted by Gasteiger charge is 1.49. The number of nitrogens with two attached hydrogens (primary N) is 1. The first-order chi connectivity index (χ1) is 3.00. The highest BCUT2D eigenvalue weighted by atomic mass is 32.3. The third-order valence-electron chi connectivity index (χ3n) is 0. The van der Waals surface area contributed by atoms with E-state index in [2.05, 4.69) is 5.90 Å². The second-order valence-electron chi connectivity index (χ2n) is 0.408. The van der Waals surface area contributed by atoms with Gasteiger partial charge in [-0.05, 0) is 0 Å². The minimum Gasteiger partial charge on any atom is -0.759 e. The lowest BCUT2D eigenvalue weighted by Crippen LogP contribution is -1.91. The Kier molecular flexibility index (Phi) is 5.62. The Labute approximate surface area is 40.1 Å². The average molecular weight is 129 g/mol. The van der Waals surface area contributed by atoms with Crippen LogP contribution in [0.5, 0.6) is 0 Å². The predicted octanol–water partition coefficient (Wildman–Crippen LogP) is -2.00. The van der Waals surface area contributed by atoms with Crippen LogP contribution in [-0.4, -0.2) is 22.7 Å². The fourth-order valence-corrected chi connectivity index (χ4v) is 0. The lowest BCUT2D eigenvalue weighted by atomic mass is 13.6. The second kappa shape index (κ2) is 3.96.